The maximum Gasteiger partial charge on any atom is 0.145 e. The van der Waals surface area contributed by atoms with Crippen LogP contribution in [0.2, 0.25) is 0 Å². The molecule has 5 heteroatoms. The minimum atomic E-state index is -0.369. The molecule has 0 amide bonds. The van der Waals surface area contributed by atoms with Gasteiger partial charge in [0, 0.05) is 18.3 Å². The first-order valence-corrected chi connectivity index (χ1v) is 5.78. The van der Waals surface area contributed by atoms with Crippen molar-refractivity contribution in [2.75, 3.05) is 5.73 Å². The molecule has 0 radical (unpaired) electrons. The Bertz CT molecular complexity index is 537. The number of rotatable bonds is 4. The third-order valence-corrected chi connectivity index (χ3v) is 2.54. The number of ether oxygens (including phenoxy) is 1. The van der Waals surface area contributed by atoms with Gasteiger partial charge in [0.1, 0.15) is 18.2 Å². The Kier molecular flexibility index (Phi) is 3.50. The highest BCUT2D eigenvalue weighted by molar-refractivity contribution is 5.52. The summed E-state index contributed by atoms with van der Waals surface area (Å²) >= 11 is 0. The van der Waals surface area contributed by atoms with Crippen molar-refractivity contribution in [2.45, 2.75) is 26.5 Å². The Morgan fingerprint density at radius 2 is 2.17 bits per heavy atom. The molecular weight excluding hydrogens is 233 g/mol. The van der Waals surface area contributed by atoms with Crippen LogP contribution in [0.1, 0.15) is 25.6 Å². The molecule has 2 aromatic rings. The minimum Gasteiger partial charge on any atom is -0.485 e. The molecule has 0 aliphatic carbocycles. The van der Waals surface area contributed by atoms with Crippen LogP contribution in [-0.2, 0) is 6.61 Å². The van der Waals surface area contributed by atoms with Gasteiger partial charge in [-0.2, -0.15) is 5.10 Å². The second kappa shape index (κ2) is 5.08. The predicted octanol–water partition coefficient (Wildman–Crippen LogP) is 2.76. The van der Waals surface area contributed by atoms with Crippen molar-refractivity contribution in [1.29, 1.82) is 0 Å². The summed E-state index contributed by atoms with van der Waals surface area (Å²) in [4.78, 5) is 0. The number of halogens is 1. The molecule has 0 unspecified atom stereocenters. The quantitative estimate of drug-likeness (QED) is 0.848. The second-order valence-electron chi connectivity index (χ2n) is 4.35. The molecule has 0 saturated carbocycles. The minimum absolute atomic E-state index is 0.271. The van der Waals surface area contributed by atoms with E-state index in [1.165, 1.54) is 18.2 Å². The van der Waals surface area contributed by atoms with E-state index in [0.717, 1.165) is 5.69 Å². The van der Waals surface area contributed by atoms with E-state index in [1.54, 1.807) is 0 Å². The molecule has 2 rings (SSSR count). The first-order valence-electron chi connectivity index (χ1n) is 5.78. The molecule has 0 spiro atoms. The maximum absolute atomic E-state index is 13.0. The molecule has 1 aromatic heterocycles. The lowest BCUT2D eigenvalue weighted by Gasteiger charge is -2.07. The second-order valence-corrected chi connectivity index (χ2v) is 4.35. The van der Waals surface area contributed by atoms with E-state index in [0.29, 0.717) is 17.5 Å². The normalized spacial score (nSPS) is 10.9. The van der Waals surface area contributed by atoms with Crippen LogP contribution in [-0.4, -0.2) is 9.78 Å². The van der Waals surface area contributed by atoms with Crippen LogP contribution in [0, 0.1) is 5.82 Å². The summed E-state index contributed by atoms with van der Waals surface area (Å²) in [5.41, 5.74) is 6.89. The number of anilines is 1. The lowest BCUT2D eigenvalue weighted by atomic mass is 10.3. The first-order chi connectivity index (χ1) is 8.56. The van der Waals surface area contributed by atoms with Gasteiger partial charge in [0.25, 0.3) is 0 Å². The summed E-state index contributed by atoms with van der Waals surface area (Å²) < 4.78 is 20.3. The Labute approximate surface area is 105 Å². The van der Waals surface area contributed by atoms with Crippen molar-refractivity contribution in [3.8, 4) is 5.75 Å². The van der Waals surface area contributed by atoms with Crippen molar-refractivity contribution in [3.05, 3.63) is 42.0 Å². The Balaban J connectivity index is 2.04. The molecule has 1 heterocycles. The van der Waals surface area contributed by atoms with E-state index in [9.17, 15) is 4.39 Å². The number of aromatic nitrogens is 2. The molecule has 0 fully saturated rings. The SMILES string of the molecule is CC(C)n1ccc(COc2cc(F)ccc2N)n1. The maximum atomic E-state index is 13.0. The van der Waals surface area contributed by atoms with E-state index in [1.807, 2.05) is 30.8 Å². The van der Waals surface area contributed by atoms with Crippen LogP contribution in [0.25, 0.3) is 0 Å². The smallest absolute Gasteiger partial charge is 0.145 e. The van der Waals surface area contributed by atoms with Crippen LogP contribution < -0.4 is 10.5 Å². The molecule has 0 bridgehead atoms. The third-order valence-electron chi connectivity index (χ3n) is 2.54. The number of benzene rings is 1. The van der Waals surface area contributed by atoms with Gasteiger partial charge < -0.3 is 10.5 Å². The zero-order valence-corrected chi connectivity index (χ0v) is 10.4. The summed E-state index contributed by atoms with van der Waals surface area (Å²) in [6.45, 7) is 4.36. The summed E-state index contributed by atoms with van der Waals surface area (Å²) in [6, 6.07) is 6.23. The summed E-state index contributed by atoms with van der Waals surface area (Å²) in [6.07, 6.45) is 1.89. The monoisotopic (exact) mass is 249 g/mol. The predicted molar refractivity (Wildman–Crippen MR) is 67.8 cm³/mol. The van der Waals surface area contributed by atoms with Crippen molar-refractivity contribution in [2.24, 2.45) is 0 Å². The van der Waals surface area contributed by atoms with Crippen molar-refractivity contribution in [1.82, 2.24) is 9.78 Å². The van der Waals surface area contributed by atoms with Gasteiger partial charge in [0.15, 0.2) is 0 Å². The van der Waals surface area contributed by atoms with Gasteiger partial charge >= 0.3 is 0 Å². The van der Waals surface area contributed by atoms with Gasteiger partial charge in [-0.1, -0.05) is 0 Å². The van der Waals surface area contributed by atoms with E-state index < -0.39 is 0 Å². The first kappa shape index (κ1) is 12.4. The lowest BCUT2D eigenvalue weighted by molar-refractivity contribution is 0.299. The summed E-state index contributed by atoms with van der Waals surface area (Å²) in [5.74, 6) is -0.0268. The molecule has 1 aromatic carbocycles. The Hall–Kier alpha value is -2.04. The summed E-state index contributed by atoms with van der Waals surface area (Å²) in [7, 11) is 0. The number of nitrogens with zero attached hydrogens (tertiary/aromatic N) is 2. The molecule has 0 aliphatic rings. The average molecular weight is 249 g/mol. The number of hydrogen-bond donors (Lipinski definition) is 1. The van der Waals surface area contributed by atoms with Gasteiger partial charge in [-0.05, 0) is 32.0 Å². The highest BCUT2D eigenvalue weighted by atomic mass is 19.1. The topological polar surface area (TPSA) is 53.1 Å². The van der Waals surface area contributed by atoms with Gasteiger partial charge in [-0.25, -0.2) is 4.39 Å². The van der Waals surface area contributed by atoms with Gasteiger partial charge in [-0.3, -0.25) is 4.68 Å². The number of hydrogen-bond acceptors (Lipinski definition) is 3. The van der Waals surface area contributed by atoms with Crippen LogP contribution >= 0.6 is 0 Å². The van der Waals surface area contributed by atoms with E-state index >= 15 is 0 Å². The Morgan fingerprint density at radius 3 is 2.83 bits per heavy atom. The van der Waals surface area contributed by atoms with Crippen LogP contribution in [0.5, 0.6) is 5.75 Å². The highest BCUT2D eigenvalue weighted by Gasteiger charge is 2.05. The fraction of sp³-hybridized carbons (Fsp3) is 0.308. The van der Waals surface area contributed by atoms with Gasteiger partial charge in [0.2, 0.25) is 0 Å². The molecule has 96 valence electrons. The van der Waals surface area contributed by atoms with Gasteiger partial charge in [-0.15, -0.1) is 0 Å². The van der Waals surface area contributed by atoms with Crippen molar-refractivity contribution >= 4 is 5.69 Å². The summed E-state index contributed by atoms with van der Waals surface area (Å²) in [5, 5.41) is 4.33. The zero-order valence-electron chi connectivity index (χ0n) is 10.4. The molecule has 18 heavy (non-hydrogen) atoms. The molecular formula is C13H16FN3O. The van der Waals surface area contributed by atoms with Crippen molar-refractivity contribution < 1.29 is 9.13 Å². The molecule has 4 nitrogen and oxygen atoms in total. The number of nitrogens with two attached hydrogens (primary N) is 1. The molecule has 2 N–H and O–H groups in total. The largest absolute Gasteiger partial charge is 0.485 e. The van der Waals surface area contributed by atoms with E-state index in [-0.39, 0.29) is 12.4 Å². The van der Waals surface area contributed by atoms with E-state index in [2.05, 4.69) is 5.10 Å². The standard InChI is InChI=1S/C13H16FN3O/c1-9(2)17-6-5-11(16-17)8-18-13-7-10(14)3-4-12(13)15/h3-7,9H,8,15H2,1-2H3. The average Bonchev–Trinajstić information content (AvgIpc) is 2.79. The molecule has 0 atom stereocenters. The third kappa shape index (κ3) is 2.80. The van der Waals surface area contributed by atoms with Crippen LogP contribution in [0.15, 0.2) is 30.5 Å². The molecule has 0 aliphatic heterocycles. The zero-order chi connectivity index (χ0) is 13.1. The van der Waals surface area contributed by atoms with Gasteiger partial charge in [0.05, 0.1) is 11.4 Å². The fourth-order valence-electron chi connectivity index (χ4n) is 1.53. The van der Waals surface area contributed by atoms with Crippen molar-refractivity contribution in [3.63, 3.8) is 0 Å². The molecule has 0 saturated heterocycles. The van der Waals surface area contributed by atoms with Crippen LogP contribution in [0.3, 0.4) is 0 Å². The fourth-order valence-corrected chi connectivity index (χ4v) is 1.53. The van der Waals surface area contributed by atoms with E-state index in [4.69, 9.17) is 10.5 Å². The van der Waals surface area contributed by atoms with Crippen LogP contribution in [0.4, 0.5) is 10.1 Å². The number of nitrogen functional groups attached to an aromatic ring is 1. The highest BCUT2D eigenvalue weighted by Crippen LogP contribution is 2.22. The Morgan fingerprint density at radius 1 is 1.39 bits per heavy atom. The lowest BCUT2D eigenvalue weighted by Crippen LogP contribution is -2.04.